The standard InChI is InChI=1S/C23H35N3O5/c1-18-8-5-6-9-19(18)30-17-7-10-20(27)25-13-15-26(16-14-25)21(28)11-12-24-22(29)31-23(2,3)4/h5-6,8-9H,7,10-17H2,1-4H3,(H,24,29). The lowest BCUT2D eigenvalue weighted by molar-refractivity contribution is -0.139. The summed E-state index contributed by atoms with van der Waals surface area (Å²) in [5.41, 5.74) is 0.514. The number of para-hydroxylation sites is 1. The Kier molecular flexibility index (Phi) is 9.15. The predicted octanol–water partition coefficient (Wildman–Crippen LogP) is 2.74. The molecule has 1 N–H and O–H groups in total. The fraction of sp³-hybridized carbons (Fsp3) is 0.609. The van der Waals surface area contributed by atoms with Gasteiger partial charge >= 0.3 is 6.09 Å². The number of aryl methyl sites for hydroxylation is 1. The average Bonchev–Trinajstić information content (AvgIpc) is 2.71. The molecule has 8 nitrogen and oxygen atoms in total. The van der Waals surface area contributed by atoms with Crippen molar-refractivity contribution in [2.45, 2.75) is 52.6 Å². The highest BCUT2D eigenvalue weighted by Gasteiger charge is 2.24. The van der Waals surface area contributed by atoms with Crippen LogP contribution in [-0.4, -0.2) is 72.6 Å². The molecule has 0 aromatic heterocycles. The van der Waals surface area contributed by atoms with Gasteiger partial charge in [0.05, 0.1) is 6.61 Å². The van der Waals surface area contributed by atoms with Crippen molar-refractivity contribution in [3.05, 3.63) is 29.8 Å². The van der Waals surface area contributed by atoms with Gasteiger partial charge in [0.25, 0.3) is 0 Å². The first kappa shape index (κ1) is 24.5. The SMILES string of the molecule is Cc1ccccc1OCCCC(=O)N1CCN(C(=O)CCNC(=O)OC(C)(C)C)CC1. The normalized spacial score (nSPS) is 14.2. The molecule has 0 radical (unpaired) electrons. The molecule has 1 aliphatic rings. The molecular weight excluding hydrogens is 398 g/mol. The number of piperazine rings is 1. The molecule has 0 saturated carbocycles. The van der Waals surface area contributed by atoms with Gasteiger partial charge in [-0.15, -0.1) is 0 Å². The first-order valence-electron chi connectivity index (χ1n) is 10.9. The lowest BCUT2D eigenvalue weighted by atomic mass is 10.2. The van der Waals surface area contributed by atoms with Gasteiger partial charge in [0.2, 0.25) is 11.8 Å². The molecule has 0 aliphatic carbocycles. The molecule has 1 heterocycles. The summed E-state index contributed by atoms with van der Waals surface area (Å²) in [5.74, 6) is 0.907. The minimum absolute atomic E-state index is 0.0326. The molecule has 1 aromatic carbocycles. The summed E-state index contributed by atoms with van der Waals surface area (Å²) >= 11 is 0. The van der Waals surface area contributed by atoms with Crippen LogP contribution in [0.4, 0.5) is 4.79 Å². The molecule has 0 bridgehead atoms. The van der Waals surface area contributed by atoms with Crippen molar-refractivity contribution < 1.29 is 23.9 Å². The van der Waals surface area contributed by atoms with Gasteiger partial charge in [-0.05, 0) is 45.7 Å². The monoisotopic (exact) mass is 433 g/mol. The number of benzene rings is 1. The maximum absolute atomic E-state index is 12.4. The number of amides is 3. The number of alkyl carbamates (subject to hydrolysis) is 1. The Morgan fingerprint density at radius 2 is 1.55 bits per heavy atom. The van der Waals surface area contributed by atoms with E-state index >= 15 is 0 Å². The van der Waals surface area contributed by atoms with E-state index < -0.39 is 11.7 Å². The molecular formula is C23H35N3O5. The smallest absolute Gasteiger partial charge is 0.407 e. The van der Waals surface area contributed by atoms with E-state index in [9.17, 15) is 14.4 Å². The molecule has 1 saturated heterocycles. The summed E-state index contributed by atoms with van der Waals surface area (Å²) in [6.45, 7) is 10.2. The Balaban J connectivity index is 1.60. The largest absolute Gasteiger partial charge is 0.493 e. The molecule has 172 valence electrons. The van der Waals surface area contributed by atoms with E-state index in [0.717, 1.165) is 11.3 Å². The van der Waals surface area contributed by atoms with Crippen LogP contribution in [0.3, 0.4) is 0 Å². The van der Waals surface area contributed by atoms with Gasteiger partial charge in [-0.25, -0.2) is 4.79 Å². The molecule has 1 aromatic rings. The highest BCUT2D eigenvalue weighted by molar-refractivity contribution is 5.79. The van der Waals surface area contributed by atoms with Crippen LogP contribution >= 0.6 is 0 Å². The maximum Gasteiger partial charge on any atom is 0.407 e. The lowest BCUT2D eigenvalue weighted by Gasteiger charge is -2.35. The third-order valence-electron chi connectivity index (χ3n) is 4.88. The number of nitrogens with zero attached hydrogens (tertiary/aromatic N) is 2. The van der Waals surface area contributed by atoms with Crippen LogP contribution in [0.15, 0.2) is 24.3 Å². The van der Waals surface area contributed by atoms with Crippen molar-refractivity contribution in [1.82, 2.24) is 15.1 Å². The van der Waals surface area contributed by atoms with Gasteiger partial charge < -0.3 is 24.6 Å². The van der Waals surface area contributed by atoms with E-state index in [2.05, 4.69) is 5.32 Å². The molecule has 0 unspecified atom stereocenters. The fourth-order valence-corrected chi connectivity index (χ4v) is 3.23. The van der Waals surface area contributed by atoms with Crippen LogP contribution in [0.1, 0.15) is 45.6 Å². The van der Waals surface area contributed by atoms with Gasteiger partial charge in [0.15, 0.2) is 0 Å². The molecule has 8 heteroatoms. The Labute approximate surface area is 184 Å². The fourth-order valence-electron chi connectivity index (χ4n) is 3.23. The van der Waals surface area contributed by atoms with Crippen molar-refractivity contribution in [2.24, 2.45) is 0 Å². The third-order valence-corrected chi connectivity index (χ3v) is 4.88. The molecule has 31 heavy (non-hydrogen) atoms. The van der Waals surface area contributed by atoms with Gasteiger partial charge in [0, 0.05) is 45.6 Å². The molecule has 2 rings (SSSR count). The highest BCUT2D eigenvalue weighted by Crippen LogP contribution is 2.16. The van der Waals surface area contributed by atoms with Gasteiger partial charge in [-0.2, -0.15) is 0 Å². The Hall–Kier alpha value is -2.77. The van der Waals surface area contributed by atoms with Crippen LogP contribution in [0.25, 0.3) is 0 Å². The van der Waals surface area contributed by atoms with Crippen LogP contribution in [0.5, 0.6) is 5.75 Å². The molecule has 3 amide bonds. The molecule has 0 spiro atoms. The summed E-state index contributed by atoms with van der Waals surface area (Å²) in [6.07, 6.45) is 0.772. The summed E-state index contributed by atoms with van der Waals surface area (Å²) in [7, 11) is 0. The van der Waals surface area contributed by atoms with Gasteiger partial charge in [-0.1, -0.05) is 18.2 Å². The number of nitrogens with one attached hydrogen (secondary N) is 1. The van der Waals surface area contributed by atoms with Gasteiger partial charge in [0.1, 0.15) is 11.4 Å². The topological polar surface area (TPSA) is 88.2 Å². The van der Waals surface area contributed by atoms with E-state index in [1.807, 2.05) is 31.2 Å². The quantitative estimate of drug-likeness (QED) is 0.637. The molecule has 1 aliphatic heterocycles. The number of ether oxygens (including phenoxy) is 2. The van der Waals surface area contributed by atoms with E-state index in [1.165, 1.54) is 0 Å². The van der Waals surface area contributed by atoms with Crippen LogP contribution < -0.4 is 10.1 Å². The minimum Gasteiger partial charge on any atom is -0.493 e. The first-order chi connectivity index (χ1) is 14.7. The molecule has 1 fully saturated rings. The number of hydrogen-bond donors (Lipinski definition) is 1. The predicted molar refractivity (Wildman–Crippen MR) is 118 cm³/mol. The lowest BCUT2D eigenvalue weighted by Crippen LogP contribution is -2.51. The molecule has 0 atom stereocenters. The maximum atomic E-state index is 12.4. The number of carbonyl (C=O) groups is 3. The van der Waals surface area contributed by atoms with E-state index in [0.29, 0.717) is 45.6 Å². The Morgan fingerprint density at radius 3 is 2.13 bits per heavy atom. The highest BCUT2D eigenvalue weighted by atomic mass is 16.6. The van der Waals surface area contributed by atoms with E-state index in [-0.39, 0.29) is 24.8 Å². The van der Waals surface area contributed by atoms with Crippen molar-refractivity contribution in [2.75, 3.05) is 39.3 Å². The van der Waals surface area contributed by atoms with Gasteiger partial charge in [-0.3, -0.25) is 9.59 Å². The van der Waals surface area contributed by atoms with Crippen molar-refractivity contribution in [3.63, 3.8) is 0 Å². The van der Waals surface area contributed by atoms with Crippen LogP contribution in [0.2, 0.25) is 0 Å². The summed E-state index contributed by atoms with van der Waals surface area (Å²) in [5, 5.41) is 2.60. The number of rotatable bonds is 8. The van der Waals surface area contributed by atoms with Crippen molar-refractivity contribution >= 4 is 17.9 Å². The van der Waals surface area contributed by atoms with Crippen LogP contribution in [-0.2, 0) is 14.3 Å². The zero-order valence-electron chi connectivity index (χ0n) is 19.1. The van der Waals surface area contributed by atoms with E-state index in [1.54, 1.807) is 30.6 Å². The third kappa shape index (κ3) is 8.86. The summed E-state index contributed by atoms with van der Waals surface area (Å²) in [4.78, 5) is 39.9. The minimum atomic E-state index is -0.566. The van der Waals surface area contributed by atoms with Crippen molar-refractivity contribution in [1.29, 1.82) is 0 Å². The Morgan fingerprint density at radius 1 is 0.968 bits per heavy atom. The second kappa shape index (κ2) is 11.6. The van der Waals surface area contributed by atoms with E-state index in [4.69, 9.17) is 9.47 Å². The van der Waals surface area contributed by atoms with Crippen molar-refractivity contribution in [3.8, 4) is 5.75 Å². The summed E-state index contributed by atoms with van der Waals surface area (Å²) in [6, 6.07) is 7.82. The Bertz CT molecular complexity index is 752. The zero-order chi connectivity index (χ0) is 22.9. The summed E-state index contributed by atoms with van der Waals surface area (Å²) < 4.78 is 10.9. The second-order valence-corrected chi connectivity index (χ2v) is 8.66. The number of carbonyl (C=O) groups excluding carboxylic acids is 3. The van der Waals surface area contributed by atoms with Crippen LogP contribution in [0, 0.1) is 6.92 Å². The zero-order valence-corrected chi connectivity index (χ0v) is 19.1. The second-order valence-electron chi connectivity index (χ2n) is 8.66. The number of hydrogen-bond acceptors (Lipinski definition) is 5. The average molecular weight is 434 g/mol. The first-order valence-corrected chi connectivity index (χ1v) is 10.9.